The van der Waals surface area contributed by atoms with E-state index in [1.165, 1.54) is 5.56 Å². The number of fused-ring (bicyclic) bond motifs is 1. The predicted octanol–water partition coefficient (Wildman–Crippen LogP) is 3.41. The lowest BCUT2D eigenvalue weighted by molar-refractivity contribution is 0.0278. The Balaban J connectivity index is 1.77. The number of aliphatic hydroxyl groups is 1. The SMILES string of the molecule is CC(C)(C)OC(=O)N1CC2CC[C@H](O)C(c3ccccc3)[C@@H]2C1. The second-order valence-electron chi connectivity index (χ2n) is 7.89. The summed E-state index contributed by atoms with van der Waals surface area (Å²) in [7, 11) is 0. The molecule has 0 spiro atoms. The quantitative estimate of drug-likeness (QED) is 0.863. The summed E-state index contributed by atoms with van der Waals surface area (Å²) in [5, 5.41) is 10.5. The molecule has 1 aromatic carbocycles. The molecule has 23 heavy (non-hydrogen) atoms. The summed E-state index contributed by atoms with van der Waals surface area (Å²) in [6.07, 6.45) is 1.24. The summed E-state index contributed by atoms with van der Waals surface area (Å²) in [6, 6.07) is 10.2. The van der Waals surface area contributed by atoms with Gasteiger partial charge in [-0.05, 0) is 51.0 Å². The zero-order chi connectivity index (χ0) is 16.6. The van der Waals surface area contributed by atoms with E-state index >= 15 is 0 Å². The molecular formula is C19H27NO3. The Labute approximate surface area is 138 Å². The fraction of sp³-hybridized carbons (Fsp3) is 0.632. The van der Waals surface area contributed by atoms with Crippen molar-refractivity contribution in [1.29, 1.82) is 0 Å². The van der Waals surface area contributed by atoms with Gasteiger partial charge in [0.05, 0.1) is 6.10 Å². The minimum Gasteiger partial charge on any atom is -0.444 e. The molecular weight excluding hydrogens is 290 g/mol. The van der Waals surface area contributed by atoms with E-state index < -0.39 is 5.60 Å². The van der Waals surface area contributed by atoms with Crippen molar-refractivity contribution in [3.05, 3.63) is 35.9 Å². The molecule has 1 aromatic rings. The van der Waals surface area contributed by atoms with Gasteiger partial charge in [0.1, 0.15) is 5.60 Å². The van der Waals surface area contributed by atoms with Crippen molar-refractivity contribution in [1.82, 2.24) is 4.90 Å². The van der Waals surface area contributed by atoms with Gasteiger partial charge in [-0.3, -0.25) is 0 Å². The summed E-state index contributed by atoms with van der Waals surface area (Å²) >= 11 is 0. The van der Waals surface area contributed by atoms with E-state index in [0.29, 0.717) is 18.4 Å². The van der Waals surface area contributed by atoms with Crippen molar-refractivity contribution < 1.29 is 14.6 Å². The highest BCUT2D eigenvalue weighted by atomic mass is 16.6. The fourth-order valence-electron chi connectivity index (χ4n) is 4.08. The van der Waals surface area contributed by atoms with Crippen molar-refractivity contribution in [2.45, 2.75) is 51.2 Å². The van der Waals surface area contributed by atoms with Crippen LogP contribution in [0.2, 0.25) is 0 Å². The number of hydrogen-bond acceptors (Lipinski definition) is 3. The van der Waals surface area contributed by atoms with Crippen LogP contribution in [-0.4, -0.2) is 40.9 Å². The largest absolute Gasteiger partial charge is 0.444 e. The molecule has 0 bridgehead atoms. The highest BCUT2D eigenvalue weighted by Gasteiger charge is 2.46. The van der Waals surface area contributed by atoms with Crippen LogP contribution < -0.4 is 0 Å². The first-order chi connectivity index (χ1) is 10.8. The number of hydrogen-bond donors (Lipinski definition) is 1. The first-order valence-electron chi connectivity index (χ1n) is 8.56. The molecule has 1 saturated carbocycles. The van der Waals surface area contributed by atoms with Gasteiger partial charge in [0.15, 0.2) is 0 Å². The van der Waals surface area contributed by atoms with Crippen LogP contribution in [0.5, 0.6) is 0 Å². The standard InChI is InChI=1S/C19H27NO3/c1-19(2,3)23-18(22)20-11-14-9-10-16(21)17(15(14)12-20)13-7-5-4-6-8-13/h4-8,14-17,21H,9-12H2,1-3H3/t14?,15-,16+,17?/m1/s1. The molecule has 1 heterocycles. The van der Waals surface area contributed by atoms with Crippen LogP contribution in [0, 0.1) is 11.8 Å². The number of benzene rings is 1. The monoisotopic (exact) mass is 317 g/mol. The lowest BCUT2D eigenvalue weighted by Crippen LogP contribution is -2.37. The maximum absolute atomic E-state index is 12.4. The normalized spacial score (nSPS) is 30.9. The Bertz CT molecular complexity index is 551. The molecule has 2 aliphatic rings. The van der Waals surface area contributed by atoms with Crippen LogP contribution in [0.15, 0.2) is 30.3 Å². The molecule has 1 saturated heterocycles. The molecule has 1 aliphatic heterocycles. The van der Waals surface area contributed by atoms with Crippen LogP contribution in [0.3, 0.4) is 0 Å². The zero-order valence-corrected chi connectivity index (χ0v) is 14.2. The van der Waals surface area contributed by atoms with Gasteiger partial charge in [0.25, 0.3) is 0 Å². The van der Waals surface area contributed by atoms with Crippen molar-refractivity contribution in [3.8, 4) is 0 Å². The van der Waals surface area contributed by atoms with E-state index in [-0.39, 0.29) is 18.1 Å². The van der Waals surface area contributed by atoms with Gasteiger partial charge < -0.3 is 14.7 Å². The molecule has 2 fully saturated rings. The van der Waals surface area contributed by atoms with E-state index in [4.69, 9.17) is 4.74 Å². The average molecular weight is 317 g/mol. The van der Waals surface area contributed by atoms with Gasteiger partial charge >= 0.3 is 6.09 Å². The Kier molecular flexibility index (Phi) is 4.37. The number of ether oxygens (including phenoxy) is 1. The molecule has 4 atom stereocenters. The lowest BCUT2D eigenvalue weighted by atomic mass is 9.69. The molecule has 4 nitrogen and oxygen atoms in total. The molecule has 0 radical (unpaired) electrons. The van der Waals surface area contributed by atoms with Crippen LogP contribution in [0.1, 0.15) is 45.1 Å². The maximum Gasteiger partial charge on any atom is 0.410 e. The van der Waals surface area contributed by atoms with Crippen molar-refractivity contribution in [3.63, 3.8) is 0 Å². The molecule has 3 rings (SSSR count). The van der Waals surface area contributed by atoms with Crippen molar-refractivity contribution in [2.24, 2.45) is 11.8 Å². The molecule has 1 N–H and O–H groups in total. The summed E-state index contributed by atoms with van der Waals surface area (Å²) in [5.41, 5.74) is 0.712. The number of rotatable bonds is 1. The van der Waals surface area contributed by atoms with E-state index in [1.807, 2.05) is 43.9 Å². The number of carbonyl (C=O) groups is 1. The lowest BCUT2D eigenvalue weighted by Gasteiger charge is -2.37. The van der Waals surface area contributed by atoms with Crippen molar-refractivity contribution >= 4 is 6.09 Å². The van der Waals surface area contributed by atoms with Gasteiger partial charge in [-0.2, -0.15) is 0 Å². The highest BCUT2D eigenvalue weighted by Crippen LogP contribution is 2.45. The summed E-state index contributed by atoms with van der Waals surface area (Å²) in [4.78, 5) is 14.2. The Hall–Kier alpha value is -1.55. The van der Waals surface area contributed by atoms with Crippen LogP contribution >= 0.6 is 0 Å². The van der Waals surface area contributed by atoms with E-state index in [9.17, 15) is 9.90 Å². The second-order valence-corrected chi connectivity index (χ2v) is 7.89. The number of likely N-dealkylation sites (tertiary alicyclic amines) is 1. The fourth-order valence-corrected chi connectivity index (χ4v) is 4.08. The Morgan fingerprint density at radius 1 is 1.17 bits per heavy atom. The number of nitrogens with zero attached hydrogens (tertiary/aromatic N) is 1. The molecule has 4 heteroatoms. The average Bonchev–Trinajstić information content (AvgIpc) is 2.90. The van der Waals surface area contributed by atoms with Gasteiger partial charge in [-0.1, -0.05) is 30.3 Å². The smallest absolute Gasteiger partial charge is 0.410 e. The van der Waals surface area contributed by atoms with Crippen LogP contribution in [-0.2, 0) is 4.74 Å². The topological polar surface area (TPSA) is 49.8 Å². The highest BCUT2D eigenvalue weighted by molar-refractivity contribution is 5.68. The Morgan fingerprint density at radius 3 is 2.52 bits per heavy atom. The third-order valence-electron chi connectivity index (χ3n) is 5.04. The summed E-state index contributed by atoms with van der Waals surface area (Å²) in [5.74, 6) is 0.882. The van der Waals surface area contributed by atoms with Gasteiger partial charge in [0, 0.05) is 19.0 Å². The van der Waals surface area contributed by atoms with Gasteiger partial charge in [0.2, 0.25) is 0 Å². The van der Waals surface area contributed by atoms with E-state index in [0.717, 1.165) is 19.4 Å². The molecule has 2 unspecified atom stereocenters. The number of aliphatic hydroxyl groups excluding tert-OH is 1. The molecule has 126 valence electrons. The molecule has 0 aromatic heterocycles. The maximum atomic E-state index is 12.4. The van der Waals surface area contributed by atoms with Gasteiger partial charge in [-0.25, -0.2) is 4.79 Å². The third kappa shape index (κ3) is 3.52. The second kappa shape index (κ2) is 6.16. The zero-order valence-electron chi connectivity index (χ0n) is 14.2. The first kappa shape index (κ1) is 16.3. The minimum absolute atomic E-state index is 0.113. The van der Waals surface area contributed by atoms with Crippen LogP contribution in [0.4, 0.5) is 4.79 Å². The molecule has 1 aliphatic carbocycles. The minimum atomic E-state index is -0.469. The number of carbonyl (C=O) groups excluding carboxylic acids is 1. The summed E-state index contributed by atoms with van der Waals surface area (Å²) in [6.45, 7) is 7.10. The predicted molar refractivity (Wildman–Crippen MR) is 89.2 cm³/mol. The van der Waals surface area contributed by atoms with E-state index in [1.54, 1.807) is 0 Å². The third-order valence-corrected chi connectivity index (χ3v) is 5.04. The first-order valence-corrected chi connectivity index (χ1v) is 8.56. The van der Waals surface area contributed by atoms with E-state index in [2.05, 4.69) is 12.1 Å². The number of amides is 1. The molecule has 1 amide bonds. The summed E-state index contributed by atoms with van der Waals surface area (Å²) < 4.78 is 5.52. The Morgan fingerprint density at radius 2 is 1.87 bits per heavy atom. The van der Waals surface area contributed by atoms with Gasteiger partial charge in [-0.15, -0.1) is 0 Å². The van der Waals surface area contributed by atoms with Crippen LogP contribution in [0.25, 0.3) is 0 Å². The van der Waals surface area contributed by atoms with Crippen molar-refractivity contribution in [2.75, 3.05) is 13.1 Å².